The molecule has 1 aromatic rings. The molecular weight excluding hydrogens is 332 g/mol. The number of amides is 2. The van der Waals surface area contributed by atoms with Crippen LogP contribution >= 0.6 is 0 Å². The van der Waals surface area contributed by atoms with Crippen LogP contribution in [0.15, 0.2) is 18.5 Å². The lowest BCUT2D eigenvalue weighted by Gasteiger charge is -2.34. The van der Waals surface area contributed by atoms with Gasteiger partial charge < -0.3 is 19.9 Å². The molecule has 0 atom stereocenters. The van der Waals surface area contributed by atoms with Gasteiger partial charge in [-0.05, 0) is 25.8 Å². The zero-order valence-electron chi connectivity index (χ0n) is 15.4. The lowest BCUT2D eigenvalue weighted by atomic mass is 9.95. The van der Waals surface area contributed by atoms with Crippen LogP contribution in [-0.2, 0) is 4.74 Å². The van der Waals surface area contributed by atoms with Crippen molar-refractivity contribution >= 4 is 17.7 Å². The first-order valence-electron chi connectivity index (χ1n) is 9.60. The summed E-state index contributed by atoms with van der Waals surface area (Å²) in [5.41, 5.74) is 1.50. The molecule has 1 aliphatic heterocycles. The predicted octanol–water partition coefficient (Wildman–Crippen LogP) is 2.74. The second-order valence-corrected chi connectivity index (χ2v) is 6.92. The summed E-state index contributed by atoms with van der Waals surface area (Å²) in [6, 6.07) is 2.37. The number of pyridine rings is 1. The van der Waals surface area contributed by atoms with E-state index in [9.17, 15) is 9.59 Å². The monoisotopic (exact) mass is 360 g/mol. The van der Waals surface area contributed by atoms with Crippen molar-refractivity contribution in [2.75, 3.05) is 38.1 Å². The third-order valence-corrected chi connectivity index (χ3v) is 5.05. The first-order chi connectivity index (χ1) is 12.7. The molecule has 2 aliphatic rings. The van der Waals surface area contributed by atoms with Crippen molar-refractivity contribution in [1.82, 2.24) is 14.8 Å². The Kier molecular flexibility index (Phi) is 6.30. The van der Waals surface area contributed by atoms with Gasteiger partial charge in [0.15, 0.2) is 0 Å². The van der Waals surface area contributed by atoms with E-state index in [4.69, 9.17) is 4.74 Å². The van der Waals surface area contributed by atoms with Crippen LogP contribution in [0.25, 0.3) is 0 Å². The number of rotatable bonds is 4. The molecule has 1 saturated heterocycles. The summed E-state index contributed by atoms with van der Waals surface area (Å²) in [5.74, 6) is -0.0340. The van der Waals surface area contributed by atoms with Crippen molar-refractivity contribution in [3.8, 4) is 0 Å². The number of ether oxygens (including phenoxy) is 1. The van der Waals surface area contributed by atoms with E-state index < -0.39 is 0 Å². The summed E-state index contributed by atoms with van der Waals surface area (Å²) >= 11 is 0. The van der Waals surface area contributed by atoms with E-state index in [0.29, 0.717) is 44.4 Å². The summed E-state index contributed by atoms with van der Waals surface area (Å²) in [6.07, 6.45) is 9.27. The highest BCUT2D eigenvalue weighted by molar-refractivity contribution is 5.95. The summed E-state index contributed by atoms with van der Waals surface area (Å²) < 4.78 is 5.01. The number of nitrogens with zero attached hydrogens (tertiary/aromatic N) is 3. The Hall–Kier alpha value is -2.31. The molecule has 26 heavy (non-hydrogen) atoms. The summed E-state index contributed by atoms with van der Waals surface area (Å²) in [6.45, 7) is 4.18. The highest BCUT2D eigenvalue weighted by Crippen LogP contribution is 2.22. The Labute approximate surface area is 154 Å². The van der Waals surface area contributed by atoms with Gasteiger partial charge in [-0.3, -0.25) is 9.78 Å². The number of anilines is 1. The number of nitrogens with one attached hydrogen (secondary N) is 1. The highest BCUT2D eigenvalue weighted by Gasteiger charge is 2.26. The van der Waals surface area contributed by atoms with Crippen molar-refractivity contribution in [2.45, 2.75) is 45.1 Å². The molecule has 0 spiro atoms. The maximum atomic E-state index is 12.8. The fraction of sp³-hybridized carbons (Fsp3) is 0.632. The second-order valence-electron chi connectivity index (χ2n) is 6.92. The van der Waals surface area contributed by atoms with Gasteiger partial charge in [-0.2, -0.15) is 0 Å². The van der Waals surface area contributed by atoms with Gasteiger partial charge in [-0.25, -0.2) is 4.79 Å². The average Bonchev–Trinajstić information content (AvgIpc) is 2.69. The molecule has 0 unspecified atom stereocenters. The summed E-state index contributed by atoms with van der Waals surface area (Å²) in [5, 5.41) is 3.51. The van der Waals surface area contributed by atoms with Crippen LogP contribution in [0.5, 0.6) is 0 Å². The van der Waals surface area contributed by atoms with E-state index in [1.54, 1.807) is 29.1 Å². The molecule has 1 aliphatic carbocycles. The Morgan fingerprint density at radius 1 is 1.12 bits per heavy atom. The quantitative estimate of drug-likeness (QED) is 0.894. The molecule has 7 nitrogen and oxygen atoms in total. The lowest BCUT2D eigenvalue weighted by molar-refractivity contribution is 0.0570. The maximum Gasteiger partial charge on any atom is 0.409 e. The number of piperazine rings is 1. The molecule has 3 rings (SSSR count). The number of carbonyl (C=O) groups is 2. The topological polar surface area (TPSA) is 74.8 Å². The fourth-order valence-corrected chi connectivity index (χ4v) is 3.61. The fourth-order valence-electron chi connectivity index (χ4n) is 3.61. The van der Waals surface area contributed by atoms with Crippen LogP contribution in [-0.4, -0.2) is 65.6 Å². The van der Waals surface area contributed by atoms with E-state index in [0.717, 1.165) is 5.69 Å². The minimum Gasteiger partial charge on any atom is -0.450 e. The van der Waals surface area contributed by atoms with Gasteiger partial charge in [0.2, 0.25) is 0 Å². The normalized spacial score (nSPS) is 18.5. The number of hydrogen-bond acceptors (Lipinski definition) is 5. The minimum absolute atomic E-state index is 0.0340. The van der Waals surface area contributed by atoms with E-state index in [2.05, 4.69) is 10.3 Å². The Bertz CT molecular complexity index is 623. The smallest absolute Gasteiger partial charge is 0.409 e. The number of carbonyl (C=O) groups excluding carboxylic acids is 2. The van der Waals surface area contributed by atoms with Crippen LogP contribution in [0, 0.1) is 0 Å². The van der Waals surface area contributed by atoms with Gasteiger partial charge in [-0.1, -0.05) is 19.3 Å². The molecule has 7 heteroatoms. The molecule has 0 radical (unpaired) electrons. The predicted molar refractivity (Wildman–Crippen MR) is 99.2 cm³/mol. The molecule has 1 aromatic heterocycles. The summed E-state index contributed by atoms with van der Waals surface area (Å²) in [7, 11) is 0. The van der Waals surface area contributed by atoms with Crippen LogP contribution in [0.3, 0.4) is 0 Å². The average molecular weight is 360 g/mol. The molecule has 1 saturated carbocycles. The third-order valence-electron chi connectivity index (χ3n) is 5.05. The minimum atomic E-state index is -0.306. The molecule has 2 amide bonds. The third kappa shape index (κ3) is 4.65. The first-order valence-corrected chi connectivity index (χ1v) is 9.60. The van der Waals surface area contributed by atoms with E-state index in [-0.39, 0.29) is 12.0 Å². The van der Waals surface area contributed by atoms with Gasteiger partial charge >= 0.3 is 6.09 Å². The van der Waals surface area contributed by atoms with E-state index >= 15 is 0 Å². The zero-order valence-corrected chi connectivity index (χ0v) is 15.4. The Morgan fingerprint density at radius 3 is 2.50 bits per heavy atom. The number of aromatic nitrogens is 1. The molecule has 0 bridgehead atoms. The van der Waals surface area contributed by atoms with Crippen molar-refractivity contribution in [3.05, 3.63) is 24.0 Å². The van der Waals surface area contributed by atoms with Crippen LogP contribution in [0.2, 0.25) is 0 Å². The van der Waals surface area contributed by atoms with Crippen LogP contribution in [0.4, 0.5) is 10.5 Å². The van der Waals surface area contributed by atoms with Crippen molar-refractivity contribution in [3.63, 3.8) is 0 Å². The van der Waals surface area contributed by atoms with Crippen molar-refractivity contribution in [1.29, 1.82) is 0 Å². The van der Waals surface area contributed by atoms with Crippen LogP contribution < -0.4 is 5.32 Å². The lowest BCUT2D eigenvalue weighted by Crippen LogP contribution is -2.50. The summed E-state index contributed by atoms with van der Waals surface area (Å²) in [4.78, 5) is 32.2. The van der Waals surface area contributed by atoms with Gasteiger partial charge in [0, 0.05) is 44.6 Å². The molecule has 1 N–H and O–H groups in total. The van der Waals surface area contributed by atoms with Crippen LogP contribution in [0.1, 0.15) is 49.4 Å². The van der Waals surface area contributed by atoms with Crippen molar-refractivity contribution < 1.29 is 14.3 Å². The highest BCUT2D eigenvalue weighted by atomic mass is 16.6. The van der Waals surface area contributed by atoms with Gasteiger partial charge in [0.1, 0.15) is 0 Å². The molecule has 2 fully saturated rings. The molecule has 0 aromatic carbocycles. The SMILES string of the molecule is CCOC(=O)N1CCN(C(=O)c2cncc(NC3CCCCC3)c2)CC1. The zero-order chi connectivity index (χ0) is 18.4. The molecular formula is C19H28N4O3. The van der Waals surface area contributed by atoms with Crippen molar-refractivity contribution in [2.24, 2.45) is 0 Å². The van der Waals surface area contributed by atoms with E-state index in [1.807, 2.05) is 6.07 Å². The number of hydrogen-bond donors (Lipinski definition) is 1. The van der Waals surface area contributed by atoms with Gasteiger partial charge in [0.25, 0.3) is 5.91 Å². The van der Waals surface area contributed by atoms with Gasteiger partial charge in [-0.15, -0.1) is 0 Å². The largest absolute Gasteiger partial charge is 0.450 e. The van der Waals surface area contributed by atoms with E-state index in [1.165, 1.54) is 32.1 Å². The Morgan fingerprint density at radius 2 is 1.81 bits per heavy atom. The first kappa shape index (κ1) is 18.5. The standard InChI is InChI=1S/C19H28N4O3/c1-2-26-19(25)23-10-8-22(9-11-23)18(24)15-12-17(14-20-13-15)21-16-6-4-3-5-7-16/h12-14,16,21H,2-11H2,1H3. The second kappa shape index (κ2) is 8.87. The molecule has 142 valence electrons. The Balaban J connectivity index is 1.56. The maximum absolute atomic E-state index is 12.8. The molecule has 2 heterocycles. The van der Waals surface area contributed by atoms with Gasteiger partial charge in [0.05, 0.1) is 17.9 Å².